The van der Waals surface area contributed by atoms with Gasteiger partial charge in [-0.15, -0.1) is 0 Å². The van der Waals surface area contributed by atoms with E-state index in [1.165, 1.54) is 11.6 Å². The van der Waals surface area contributed by atoms with Gasteiger partial charge in [-0.1, -0.05) is 41.9 Å². The summed E-state index contributed by atoms with van der Waals surface area (Å²) in [7, 11) is 0. The van der Waals surface area contributed by atoms with E-state index >= 15 is 0 Å². The Morgan fingerprint density at radius 3 is 2.92 bits per heavy atom. The van der Waals surface area contributed by atoms with E-state index in [-0.39, 0.29) is 6.61 Å². The molecule has 1 N–H and O–H groups in total. The quantitative estimate of drug-likeness (QED) is 0.698. The van der Waals surface area contributed by atoms with E-state index in [1.54, 1.807) is 12.1 Å². The number of furan rings is 1. The Morgan fingerprint density at radius 1 is 1.20 bits per heavy atom. The van der Waals surface area contributed by atoms with Crippen LogP contribution in [0.15, 0.2) is 53.0 Å². The third kappa shape index (κ3) is 3.28. The molecule has 25 heavy (non-hydrogen) atoms. The summed E-state index contributed by atoms with van der Waals surface area (Å²) in [6, 6.07) is 12.2. The lowest BCUT2D eigenvalue weighted by Gasteiger charge is -2.18. The van der Waals surface area contributed by atoms with E-state index in [0.717, 1.165) is 36.4 Å². The molecule has 0 fully saturated rings. The molecule has 0 unspecified atom stereocenters. The van der Waals surface area contributed by atoms with Crippen LogP contribution in [-0.2, 0) is 6.61 Å². The lowest BCUT2D eigenvalue weighted by atomic mass is 9.99. The third-order valence-corrected chi connectivity index (χ3v) is 4.69. The Bertz CT molecular complexity index is 948. The minimum absolute atomic E-state index is 0.281. The van der Waals surface area contributed by atoms with Crippen LogP contribution >= 0.6 is 11.6 Å². The summed E-state index contributed by atoms with van der Waals surface area (Å²) in [5.74, 6) is 0.811. The van der Waals surface area contributed by atoms with Crippen LogP contribution in [0.1, 0.15) is 17.5 Å². The van der Waals surface area contributed by atoms with Crippen molar-refractivity contribution in [3.8, 4) is 5.75 Å². The first-order valence-electron chi connectivity index (χ1n) is 8.21. The molecular weight excluding hydrogens is 341 g/mol. The zero-order chi connectivity index (χ0) is 17.2. The zero-order valence-electron chi connectivity index (χ0n) is 13.5. The van der Waals surface area contributed by atoms with Gasteiger partial charge in [-0.2, -0.15) is 4.39 Å². The summed E-state index contributed by atoms with van der Waals surface area (Å²) in [4.78, 5) is 0. The molecule has 0 spiro atoms. The normalized spacial score (nSPS) is 14.6. The Morgan fingerprint density at radius 2 is 2.08 bits per heavy atom. The molecule has 1 aliphatic rings. The van der Waals surface area contributed by atoms with E-state index in [2.05, 4.69) is 17.5 Å². The van der Waals surface area contributed by atoms with Crippen LogP contribution in [-0.4, -0.2) is 13.1 Å². The first-order chi connectivity index (χ1) is 12.2. The molecule has 1 aliphatic heterocycles. The van der Waals surface area contributed by atoms with Gasteiger partial charge in [-0.3, -0.25) is 0 Å². The summed E-state index contributed by atoms with van der Waals surface area (Å²) in [5, 5.41) is 4.34. The molecule has 5 heteroatoms. The molecule has 3 nitrogen and oxygen atoms in total. The van der Waals surface area contributed by atoms with Crippen LogP contribution in [0.3, 0.4) is 0 Å². The van der Waals surface area contributed by atoms with Gasteiger partial charge in [0, 0.05) is 29.1 Å². The number of ether oxygens (including phenoxy) is 1. The topological polar surface area (TPSA) is 34.4 Å². The summed E-state index contributed by atoms with van der Waals surface area (Å²) < 4.78 is 24.7. The maximum atomic E-state index is 13.5. The zero-order valence-corrected chi connectivity index (χ0v) is 14.3. The lowest BCUT2D eigenvalue weighted by Crippen LogP contribution is -2.20. The second-order valence-corrected chi connectivity index (χ2v) is 6.38. The first kappa shape index (κ1) is 16.2. The van der Waals surface area contributed by atoms with E-state index < -0.39 is 6.01 Å². The van der Waals surface area contributed by atoms with Crippen molar-refractivity contribution in [1.82, 2.24) is 5.32 Å². The summed E-state index contributed by atoms with van der Waals surface area (Å²) in [6.07, 6.45) is 3.16. The highest BCUT2D eigenvalue weighted by Crippen LogP contribution is 2.32. The molecule has 128 valence electrons. The summed E-state index contributed by atoms with van der Waals surface area (Å²) in [6.45, 7) is 2.11. The van der Waals surface area contributed by atoms with Crippen molar-refractivity contribution in [3.05, 3.63) is 70.7 Å². The summed E-state index contributed by atoms with van der Waals surface area (Å²) >= 11 is 6.11. The van der Waals surface area contributed by atoms with E-state index in [0.29, 0.717) is 16.0 Å². The summed E-state index contributed by atoms with van der Waals surface area (Å²) in [5.41, 5.74) is 3.57. The van der Waals surface area contributed by atoms with Gasteiger partial charge in [0.1, 0.15) is 17.9 Å². The minimum atomic E-state index is -0.649. The number of para-hydroxylation sites is 1. The molecule has 0 saturated heterocycles. The maximum Gasteiger partial charge on any atom is 0.278 e. The molecule has 3 aromatic rings. The standard InChI is InChI=1S/C20H17ClFNO2/c21-17-6-5-14(20-16(17)11-19(22)25-20)12-24-18-4-2-1-3-15(18)13-7-9-23-10-8-13/h1-7,11,23H,8-10,12H2. The van der Waals surface area contributed by atoms with Crippen LogP contribution in [0.4, 0.5) is 4.39 Å². The average molecular weight is 358 g/mol. The fourth-order valence-electron chi connectivity index (χ4n) is 3.11. The SMILES string of the molecule is Fc1cc2c(Cl)ccc(COc3ccccc3C3=CCNCC3)c2o1. The van der Waals surface area contributed by atoms with Crippen molar-refractivity contribution in [1.29, 1.82) is 0 Å². The smallest absolute Gasteiger partial charge is 0.278 e. The van der Waals surface area contributed by atoms with Crippen molar-refractivity contribution >= 4 is 28.1 Å². The van der Waals surface area contributed by atoms with Crippen molar-refractivity contribution in [2.75, 3.05) is 13.1 Å². The van der Waals surface area contributed by atoms with Gasteiger partial charge in [0.2, 0.25) is 0 Å². The second kappa shape index (κ2) is 6.90. The van der Waals surface area contributed by atoms with Crippen molar-refractivity contribution < 1.29 is 13.5 Å². The molecule has 2 heterocycles. The highest BCUT2D eigenvalue weighted by molar-refractivity contribution is 6.35. The number of halogens is 2. The molecule has 0 saturated carbocycles. The van der Waals surface area contributed by atoms with Gasteiger partial charge in [0.05, 0.1) is 5.02 Å². The molecule has 0 atom stereocenters. The fraction of sp³-hybridized carbons (Fsp3) is 0.200. The first-order valence-corrected chi connectivity index (χ1v) is 8.58. The van der Waals surface area contributed by atoms with Gasteiger partial charge in [0.15, 0.2) is 0 Å². The predicted octanol–water partition coefficient (Wildman–Crippen LogP) is 5.18. The van der Waals surface area contributed by atoms with Gasteiger partial charge < -0.3 is 14.5 Å². The lowest BCUT2D eigenvalue weighted by molar-refractivity contribution is 0.302. The number of benzene rings is 2. The molecule has 2 aromatic carbocycles. The molecule has 0 bridgehead atoms. The molecule has 0 amide bonds. The van der Waals surface area contributed by atoms with Crippen LogP contribution in [0.25, 0.3) is 16.5 Å². The van der Waals surface area contributed by atoms with Crippen LogP contribution < -0.4 is 10.1 Å². The van der Waals surface area contributed by atoms with E-state index in [9.17, 15) is 4.39 Å². The Labute approximate surface area is 150 Å². The van der Waals surface area contributed by atoms with Gasteiger partial charge >= 0.3 is 0 Å². The minimum Gasteiger partial charge on any atom is -0.488 e. The van der Waals surface area contributed by atoms with Crippen LogP contribution in [0, 0.1) is 6.01 Å². The Hall–Kier alpha value is -2.30. The Kier molecular flexibility index (Phi) is 4.47. The molecular formula is C20H17ClFNO2. The number of hydrogen-bond donors (Lipinski definition) is 1. The number of nitrogens with one attached hydrogen (secondary N) is 1. The van der Waals surface area contributed by atoms with Crippen molar-refractivity contribution in [2.45, 2.75) is 13.0 Å². The van der Waals surface area contributed by atoms with Gasteiger partial charge in [0.25, 0.3) is 6.01 Å². The predicted molar refractivity (Wildman–Crippen MR) is 97.4 cm³/mol. The van der Waals surface area contributed by atoms with Gasteiger partial charge in [-0.05, 0) is 30.7 Å². The average Bonchev–Trinajstić information content (AvgIpc) is 3.05. The molecule has 0 radical (unpaired) electrons. The second-order valence-electron chi connectivity index (χ2n) is 5.97. The van der Waals surface area contributed by atoms with Crippen molar-refractivity contribution in [2.24, 2.45) is 0 Å². The maximum absolute atomic E-state index is 13.5. The number of rotatable bonds is 4. The number of fused-ring (bicyclic) bond motifs is 1. The monoisotopic (exact) mass is 357 g/mol. The van der Waals surface area contributed by atoms with Crippen molar-refractivity contribution in [3.63, 3.8) is 0 Å². The molecule has 1 aromatic heterocycles. The highest BCUT2D eigenvalue weighted by Gasteiger charge is 2.14. The largest absolute Gasteiger partial charge is 0.488 e. The van der Waals surface area contributed by atoms with Gasteiger partial charge in [-0.25, -0.2) is 0 Å². The van der Waals surface area contributed by atoms with Crippen LogP contribution in [0.5, 0.6) is 5.75 Å². The third-order valence-electron chi connectivity index (χ3n) is 4.36. The van der Waals surface area contributed by atoms with E-state index in [1.807, 2.05) is 18.2 Å². The number of hydrogen-bond acceptors (Lipinski definition) is 3. The molecule has 4 rings (SSSR count). The molecule has 0 aliphatic carbocycles. The Balaban J connectivity index is 1.62. The highest BCUT2D eigenvalue weighted by atomic mass is 35.5. The van der Waals surface area contributed by atoms with Crippen LogP contribution in [0.2, 0.25) is 5.02 Å². The van der Waals surface area contributed by atoms with E-state index in [4.69, 9.17) is 20.8 Å². The fourth-order valence-corrected chi connectivity index (χ4v) is 3.31.